The zero-order valence-electron chi connectivity index (χ0n) is 10.8. The number of hydrogen-bond donors (Lipinski definition) is 1. The first-order valence-corrected chi connectivity index (χ1v) is 5.60. The average Bonchev–Trinajstić information content (AvgIpc) is 2.28. The van der Waals surface area contributed by atoms with Gasteiger partial charge in [-0.3, -0.25) is 14.9 Å². The van der Waals surface area contributed by atoms with Gasteiger partial charge >= 0.3 is 0 Å². The largest absolute Gasteiger partial charge is 0.378 e. The molecule has 18 heavy (non-hydrogen) atoms. The molecule has 0 saturated carbocycles. The fourth-order valence-corrected chi connectivity index (χ4v) is 1.47. The lowest BCUT2D eigenvalue weighted by Crippen LogP contribution is -2.21. The number of carbonyl (C=O) groups excluding carboxylic acids is 1. The molecule has 1 aromatic carbocycles. The minimum atomic E-state index is -0.482. The molecule has 0 radical (unpaired) electrons. The van der Waals surface area contributed by atoms with E-state index >= 15 is 0 Å². The van der Waals surface area contributed by atoms with Crippen LogP contribution in [-0.4, -0.2) is 42.8 Å². The van der Waals surface area contributed by atoms with E-state index in [0.717, 1.165) is 6.54 Å². The summed E-state index contributed by atoms with van der Waals surface area (Å²) in [6.07, 6.45) is 0. The third-order valence-corrected chi connectivity index (χ3v) is 2.48. The zero-order valence-corrected chi connectivity index (χ0v) is 10.8. The van der Waals surface area contributed by atoms with Crippen molar-refractivity contribution in [2.75, 3.05) is 32.5 Å². The fraction of sp³-hybridized carbons (Fsp3) is 0.417. The molecule has 0 fully saturated rings. The fourth-order valence-electron chi connectivity index (χ4n) is 1.47. The Morgan fingerprint density at radius 1 is 1.44 bits per heavy atom. The van der Waals surface area contributed by atoms with Gasteiger partial charge in [-0.15, -0.1) is 0 Å². The summed E-state index contributed by atoms with van der Waals surface area (Å²) in [5, 5.41) is 13.9. The monoisotopic (exact) mass is 251 g/mol. The molecular weight excluding hydrogens is 234 g/mol. The van der Waals surface area contributed by atoms with Crippen LogP contribution in [-0.2, 0) is 0 Å². The van der Waals surface area contributed by atoms with Crippen LogP contribution in [0.5, 0.6) is 0 Å². The molecule has 6 nitrogen and oxygen atoms in total. The lowest BCUT2D eigenvalue weighted by Gasteiger charge is -2.11. The molecule has 1 N–H and O–H groups in total. The van der Waals surface area contributed by atoms with Crippen molar-refractivity contribution in [3.63, 3.8) is 0 Å². The van der Waals surface area contributed by atoms with E-state index in [0.29, 0.717) is 17.8 Å². The van der Waals surface area contributed by atoms with E-state index in [9.17, 15) is 14.9 Å². The Kier molecular flexibility index (Phi) is 4.79. The van der Waals surface area contributed by atoms with Gasteiger partial charge in [0.1, 0.15) is 5.69 Å². The molecule has 1 aromatic rings. The van der Waals surface area contributed by atoms with Gasteiger partial charge < -0.3 is 10.2 Å². The van der Waals surface area contributed by atoms with Crippen molar-refractivity contribution in [3.05, 3.63) is 33.9 Å². The number of rotatable bonds is 6. The molecule has 0 amide bonds. The smallest absolute Gasteiger partial charge is 0.293 e. The van der Waals surface area contributed by atoms with E-state index in [-0.39, 0.29) is 11.5 Å². The number of nitrogens with zero attached hydrogens (tertiary/aromatic N) is 2. The molecule has 0 aliphatic carbocycles. The van der Waals surface area contributed by atoms with Crippen LogP contribution in [0.4, 0.5) is 11.4 Å². The highest BCUT2D eigenvalue weighted by atomic mass is 16.6. The Morgan fingerprint density at radius 2 is 2.11 bits per heavy atom. The van der Waals surface area contributed by atoms with Crippen LogP contribution in [0, 0.1) is 10.1 Å². The normalized spacial score (nSPS) is 10.4. The number of likely N-dealkylation sites (N-methyl/N-ethyl adjacent to an activating group) is 1. The third-order valence-electron chi connectivity index (χ3n) is 2.48. The summed E-state index contributed by atoms with van der Waals surface area (Å²) in [5.74, 6) is -0.182. The number of nitrogens with one attached hydrogen (secondary N) is 1. The Hall–Kier alpha value is -1.95. The Morgan fingerprint density at radius 3 is 2.61 bits per heavy atom. The van der Waals surface area contributed by atoms with Crippen LogP contribution in [0.3, 0.4) is 0 Å². The molecule has 0 atom stereocenters. The van der Waals surface area contributed by atoms with Gasteiger partial charge in [0.05, 0.1) is 4.92 Å². The van der Waals surface area contributed by atoms with Crippen LogP contribution in [0.15, 0.2) is 18.2 Å². The molecule has 0 spiro atoms. The van der Waals surface area contributed by atoms with E-state index in [4.69, 9.17) is 0 Å². The zero-order chi connectivity index (χ0) is 13.7. The predicted octanol–water partition coefficient (Wildman–Crippen LogP) is 1.77. The highest BCUT2D eigenvalue weighted by Gasteiger charge is 2.15. The minimum Gasteiger partial charge on any atom is -0.378 e. The molecular formula is C12H17N3O3. The highest BCUT2D eigenvalue weighted by Crippen LogP contribution is 2.25. The van der Waals surface area contributed by atoms with Crippen molar-refractivity contribution < 1.29 is 9.72 Å². The lowest BCUT2D eigenvalue weighted by atomic mass is 10.1. The molecule has 0 unspecified atom stereocenters. The SMILES string of the molecule is CC(=O)c1ccc(NCCN(C)C)c([N+](=O)[O-])c1. The van der Waals surface area contributed by atoms with Gasteiger partial charge in [0, 0.05) is 24.7 Å². The number of ketones is 1. The van der Waals surface area contributed by atoms with Crippen LogP contribution in [0.1, 0.15) is 17.3 Å². The summed E-state index contributed by atoms with van der Waals surface area (Å²) in [6, 6.07) is 4.47. The van der Waals surface area contributed by atoms with Crippen LogP contribution >= 0.6 is 0 Å². The number of benzene rings is 1. The maximum absolute atomic E-state index is 11.2. The standard InChI is InChI=1S/C12H17N3O3/c1-9(16)10-4-5-11(12(8-10)15(17)18)13-6-7-14(2)3/h4-5,8,13H,6-7H2,1-3H3. The summed E-state index contributed by atoms with van der Waals surface area (Å²) < 4.78 is 0. The predicted molar refractivity (Wildman–Crippen MR) is 70.1 cm³/mol. The Labute approximate surface area is 106 Å². The van der Waals surface area contributed by atoms with Gasteiger partial charge in [-0.2, -0.15) is 0 Å². The van der Waals surface area contributed by atoms with Gasteiger partial charge in [-0.25, -0.2) is 0 Å². The van der Waals surface area contributed by atoms with E-state index < -0.39 is 4.92 Å². The van der Waals surface area contributed by atoms with E-state index in [2.05, 4.69) is 5.32 Å². The van der Waals surface area contributed by atoms with Crippen molar-refractivity contribution in [3.8, 4) is 0 Å². The molecule has 0 aliphatic heterocycles. The molecule has 0 bridgehead atoms. The lowest BCUT2D eigenvalue weighted by molar-refractivity contribution is -0.384. The molecule has 0 heterocycles. The maximum atomic E-state index is 11.2. The number of nitro groups is 1. The number of anilines is 1. The van der Waals surface area contributed by atoms with Crippen molar-refractivity contribution >= 4 is 17.2 Å². The second-order valence-corrected chi connectivity index (χ2v) is 4.28. The second-order valence-electron chi connectivity index (χ2n) is 4.28. The number of hydrogen-bond acceptors (Lipinski definition) is 5. The van der Waals surface area contributed by atoms with Gasteiger partial charge in [0.2, 0.25) is 0 Å². The second kappa shape index (κ2) is 6.11. The molecule has 98 valence electrons. The van der Waals surface area contributed by atoms with Crippen LogP contribution in [0.2, 0.25) is 0 Å². The number of carbonyl (C=O) groups is 1. The van der Waals surface area contributed by atoms with Crippen molar-refractivity contribution in [1.29, 1.82) is 0 Å². The first-order chi connectivity index (χ1) is 8.41. The van der Waals surface area contributed by atoms with Crippen LogP contribution < -0.4 is 5.32 Å². The third kappa shape index (κ3) is 3.81. The van der Waals surface area contributed by atoms with Gasteiger partial charge in [0.15, 0.2) is 5.78 Å². The van der Waals surface area contributed by atoms with Gasteiger partial charge in [-0.05, 0) is 33.2 Å². The summed E-state index contributed by atoms with van der Waals surface area (Å²) in [4.78, 5) is 23.6. The van der Waals surface area contributed by atoms with Crippen LogP contribution in [0.25, 0.3) is 0 Å². The van der Waals surface area contributed by atoms with Crippen molar-refractivity contribution in [2.24, 2.45) is 0 Å². The Bertz CT molecular complexity index is 458. The van der Waals surface area contributed by atoms with E-state index in [1.54, 1.807) is 12.1 Å². The maximum Gasteiger partial charge on any atom is 0.293 e. The number of Topliss-reactive ketones (excluding diaryl/α,β-unsaturated/α-hetero) is 1. The van der Waals surface area contributed by atoms with E-state index in [1.165, 1.54) is 13.0 Å². The summed E-state index contributed by atoms with van der Waals surface area (Å²) in [7, 11) is 3.85. The number of nitro benzene ring substituents is 1. The van der Waals surface area contributed by atoms with Crippen molar-refractivity contribution in [2.45, 2.75) is 6.92 Å². The summed E-state index contributed by atoms with van der Waals surface area (Å²) in [6.45, 7) is 2.76. The highest BCUT2D eigenvalue weighted by molar-refractivity contribution is 5.95. The van der Waals surface area contributed by atoms with E-state index in [1.807, 2.05) is 19.0 Å². The van der Waals surface area contributed by atoms with Crippen molar-refractivity contribution in [1.82, 2.24) is 4.90 Å². The quantitative estimate of drug-likeness (QED) is 0.473. The molecule has 1 rings (SSSR count). The molecule has 0 aromatic heterocycles. The van der Waals surface area contributed by atoms with Gasteiger partial charge in [0.25, 0.3) is 5.69 Å². The first kappa shape index (κ1) is 14.1. The first-order valence-electron chi connectivity index (χ1n) is 5.60. The van der Waals surface area contributed by atoms with Gasteiger partial charge in [-0.1, -0.05) is 0 Å². The minimum absolute atomic E-state index is 0.0681. The summed E-state index contributed by atoms with van der Waals surface area (Å²) >= 11 is 0. The topological polar surface area (TPSA) is 75.5 Å². The average molecular weight is 251 g/mol. The molecule has 6 heteroatoms. The molecule has 0 aliphatic rings. The Balaban J connectivity index is 2.90. The molecule has 0 saturated heterocycles. The summed E-state index contributed by atoms with van der Waals surface area (Å²) in [5.41, 5.74) is 0.716.